The third-order valence-electron chi connectivity index (χ3n) is 3.91. The number of carbonyl (C=O) groups excluding carboxylic acids is 1. The molecule has 1 heterocycles. The Labute approximate surface area is 169 Å². The van der Waals surface area contributed by atoms with Crippen molar-refractivity contribution in [3.63, 3.8) is 0 Å². The van der Waals surface area contributed by atoms with Gasteiger partial charge in [-0.25, -0.2) is 0 Å². The Morgan fingerprint density at radius 1 is 1.18 bits per heavy atom. The van der Waals surface area contributed by atoms with Crippen molar-refractivity contribution in [3.8, 4) is 17.2 Å². The summed E-state index contributed by atoms with van der Waals surface area (Å²) in [4.78, 5) is 24.8. The molecule has 1 aliphatic rings. The Balaban J connectivity index is 1.99. The van der Waals surface area contributed by atoms with Gasteiger partial charge in [0, 0.05) is 6.07 Å². The second-order valence-corrected chi connectivity index (χ2v) is 7.21. The fourth-order valence-corrected chi connectivity index (χ4v) is 3.83. The van der Waals surface area contributed by atoms with Crippen molar-refractivity contribution >= 4 is 51.7 Å². The molecule has 0 aromatic heterocycles. The smallest absolute Gasteiger partial charge is 0.273 e. The van der Waals surface area contributed by atoms with E-state index in [-0.39, 0.29) is 26.2 Å². The van der Waals surface area contributed by atoms with Crippen molar-refractivity contribution < 1.29 is 24.3 Å². The lowest BCUT2D eigenvalue weighted by atomic mass is 10.1. The van der Waals surface area contributed by atoms with E-state index in [0.29, 0.717) is 11.4 Å². The van der Waals surface area contributed by atoms with Crippen LogP contribution >= 0.6 is 24.0 Å². The minimum atomic E-state index is -0.637. The standard InChI is InChI=1S/C18H14N2O6S2/c1-25-13-5-3-11(4-6-13)19-17(22)15(28-18(19)27)8-10-7-12(20(23)24)9-14(26-2)16(10)21/h3-9,21H,1-2H3/p-1/b15-8-. The molecule has 8 nitrogen and oxygen atoms in total. The number of nitro benzene ring substituents is 1. The SMILES string of the molecule is COc1ccc(N2C(=O)/C(=C/c3cc([N+](=O)[O-])cc(OC)c3[O-])SC2=S)cc1. The Hall–Kier alpha value is -3.11. The molecule has 28 heavy (non-hydrogen) atoms. The van der Waals surface area contributed by atoms with E-state index in [4.69, 9.17) is 21.7 Å². The lowest BCUT2D eigenvalue weighted by molar-refractivity contribution is -0.385. The normalized spacial score (nSPS) is 15.2. The monoisotopic (exact) mass is 417 g/mol. The van der Waals surface area contributed by atoms with Gasteiger partial charge in [0.2, 0.25) is 0 Å². The van der Waals surface area contributed by atoms with Crippen LogP contribution in [0.1, 0.15) is 5.56 Å². The summed E-state index contributed by atoms with van der Waals surface area (Å²) in [6, 6.07) is 8.90. The number of amides is 1. The van der Waals surface area contributed by atoms with E-state index in [0.717, 1.165) is 23.9 Å². The number of benzene rings is 2. The van der Waals surface area contributed by atoms with Gasteiger partial charge in [-0.3, -0.25) is 19.8 Å². The van der Waals surface area contributed by atoms with E-state index in [1.165, 1.54) is 25.2 Å². The molecular weight excluding hydrogens is 404 g/mol. The molecule has 1 fully saturated rings. The van der Waals surface area contributed by atoms with E-state index >= 15 is 0 Å². The van der Waals surface area contributed by atoms with Gasteiger partial charge in [0.1, 0.15) is 11.5 Å². The topological polar surface area (TPSA) is 105 Å². The number of carbonyl (C=O) groups is 1. The molecule has 0 aliphatic carbocycles. The molecule has 1 saturated heterocycles. The Bertz CT molecular complexity index is 1000. The highest BCUT2D eigenvalue weighted by Gasteiger charge is 2.33. The first-order valence-corrected chi connectivity index (χ1v) is 9.03. The number of methoxy groups -OCH3 is 2. The molecule has 2 aromatic rings. The molecule has 0 unspecified atom stereocenters. The molecule has 144 valence electrons. The van der Waals surface area contributed by atoms with Gasteiger partial charge in [-0.05, 0) is 35.9 Å². The highest BCUT2D eigenvalue weighted by Crippen LogP contribution is 2.39. The summed E-state index contributed by atoms with van der Waals surface area (Å²) in [6.45, 7) is 0. The molecule has 1 aliphatic heterocycles. The second-order valence-electron chi connectivity index (χ2n) is 5.54. The largest absolute Gasteiger partial charge is 0.870 e. The highest BCUT2D eigenvalue weighted by atomic mass is 32.2. The number of thioether (sulfide) groups is 1. The van der Waals surface area contributed by atoms with E-state index in [9.17, 15) is 20.0 Å². The average molecular weight is 417 g/mol. The highest BCUT2D eigenvalue weighted by molar-refractivity contribution is 8.27. The van der Waals surface area contributed by atoms with Crippen molar-refractivity contribution in [1.29, 1.82) is 0 Å². The maximum atomic E-state index is 12.8. The van der Waals surface area contributed by atoms with Gasteiger partial charge < -0.3 is 14.6 Å². The number of ether oxygens (including phenoxy) is 2. The van der Waals surface area contributed by atoms with Crippen molar-refractivity contribution in [2.75, 3.05) is 19.1 Å². The zero-order valence-electron chi connectivity index (χ0n) is 14.7. The number of thiocarbonyl (C=S) groups is 1. The molecule has 1 amide bonds. The van der Waals surface area contributed by atoms with Crippen molar-refractivity contribution in [2.24, 2.45) is 0 Å². The molecule has 0 bridgehead atoms. The fourth-order valence-electron chi connectivity index (χ4n) is 2.54. The summed E-state index contributed by atoms with van der Waals surface area (Å²) in [5.41, 5.74) is 0.209. The van der Waals surface area contributed by atoms with Gasteiger partial charge >= 0.3 is 0 Å². The number of nitrogens with zero attached hydrogens (tertiary/aromatic N) is 2. The van der Waals surface area contributed by atoms with E-state index < -0.39 is 16.6 Å². The minimum absolute atomic E-state index is 0.0266. The lowest BCUT2D eigenvalue weighted by Gasteiger charge is -2.16. The van der Waals surface area contributed by atoms with E-state index in [1.54, 1.807) is 24.3 Å². The first-order chi connectivity index (χ1) is 13.3. The van der Waals surface area contributed by atoms with Crippen LogP contribution in [0.3, 0.4) is 0 Å². The van der Waals surface area contributed by atoms with Crippen LogP contribution < -0.4 is 19.5 Å². The molecule has 10 heteroatoms. The molecule has 0 N–H and O–H groups in total. The van der Waals surface area contributed by atoms with Gasteiger partial charge in [0.15, 0.2) is 4.32 Å². The number of hydrogen-bond acceptors (Lipinski definition) is 8. The predicted octanol–water partition coefficient (Wildman–Crippen LogP) is 3.09. The Morgan fingerprint density at radius 2 is 1.86 bits per heavy atom. The van der Waals surface area contributed by atoms with Crippen LogP contribution in [0.25, 0.3) is 6.08 Å². The van der Waals surface area contributed by atoms with Gasteiger partial charge in [-0.15, -0.1) is 0 Å². The number of non-ortho nitro benzene ring substituents is 1. The summed E-state index contributed by atoms with van der Waals surface area (Å²) in [7, 11) is 2.78. The molecule has 0 saturated carbocycles. The van der Waals surface area contributed by atoms with Crippen molar-refractivity contribution in [2.45, 2.75) is 0 Å². The molecule has 3 rings (SSSR count). The van der Waals surface area contributed by atoms with Crippen LogP contribution in [0.4, 0.5) is 11.4 Å². The molecule has 0 atom stereocenters. The Kier molecular flexibility index (Phi) is 5.52. The van der Waals surface area contributed by atoms with Crippen LogP contribution in [-0.2, 0) is 4.79 Å². The summed E-state index contributed by atoms with van der Waals surface area (Å²) < 4.78 is 10.3. The predicted molar refractivity (Wildman–Crippen MR) is 108 cm³/mol. The maximum absolute atomic E-state index is 12.8. The van der Waals surface area contributed by atoms with Gasteiger partial charge in [0.05, 0.1) is 35.8 Å². The van der Waals surface area contributed by atoms with Gasteiger partial charge in [-0.2, -0.15) is 0 Å². The third-order valence-corrected chi connectivity index (χ3v) is 5.21. The molecule has 0 spiro atoms. The lowest BCUT2D eigenvalue weighted by Crippen LogP contribution is -2.27. The maximum Gasteiger partial charge on any atom is 0.273 e. The number of anilines is 1. The van der Waals surface area contributed by atoms with Crippen LogP contribution in [0.2, 0.25) is 0 Å². The molecular formula is C18H13N2O6S2-. The van der Waals surface area contributed by atoms with Crippen molar-refractivity contribution in [1.82, 2.24) is 0 Å². The quantitative estimate of drug-likeness (QED) is 0.316. The minimum Gasteiger partial charge on any atom is -0.870 e. The number of rotatable bonds is 5. The van der Waals surface area contributed by atoms with Crippen LogP contribution in [0, 0.1) is 10.1 Å². The summed E-state index contributed by atoms with van der Waals surface area (Å²) in [5, 5.41) is 23.5. The van der Waals surface area contributed by atoms with Crippen LogP contribution in [0.5, 0.6) is 17.2 Å². The third kappa shape index (κ3) is 3.64. The van der Waals surface area contributed by atoms with E-state index in [2.05, 4.69) is 0 Å². The summed E-state index contributed by atoms with van der Waals surface area (Å²) in [6.07, 6.45) is 1.29. The molecule has 0 radical (unpaired) electrons. The van der Waals surface area contributed by atoms with Crippen LogP contribution in [0.15, 0.2) is 41.3 Å². The van der Waals surface area contributed by atoms with Crippen LogP contribution in [-0.4, -0.2) is 29.4 Å². The van der Waals surface area contributed by atoms with Gasteiger partial charge in [-0.1, -0.05) is 29.7 Å². The first-order valence-electron chi connectivity index (χ1n) is 7.81. The van der Waals surface area contributed by atoms with Crippen molar-refractivity contribution in [3.05, 3.63) is 57.0 Å². The zero-order valence-corrected chi connectivity index (χ0v) is 16.3. The second kappa shape index (κ2) is 7.87. The summed E-state index contributed by atoms with van der Waals surface area (Å²) >= 11 is 6.29. The first kappa shape index (κ1) is 19.6. The van der Waals surface area contributed by atoms with Gasteiger partial charge in [0.25, 0.3) is 11.6 Å². The summed E-state index contributed by atoms with van der Waals surface area (Å²) in [5.74, 6) is -0.525. The number of nitro groups is 1. The fraction of sp³-hybridized carbons (Fsp3) is 0.111. The molecule has 2 aromatic carbocycles. The number of hydrogen-bond donors (Lipinski definition) is 0. The zero-order chi connectivity index (χ0) is 20.4. The Morgan fingerprint density at radius 3 is 2.43 bits per heavy atom. The average Bonchev–Trinajstić information content (AvgIpc) is 2.96. The van der Waals surface area contributed by atoms with E-state index in [1.807, 2.05) is 0 Å².